The molecule has 1 aromatic carbocycles. The average Bonchev–Trinajstić information content (AvgIpc) is 3.23. The van der Waals surface area contributed by atoms with Crippen LogP contribution in [0.3, 0.4) is 0 Å². The SMILES string of the molecule is COC1(OC)CCCC(N(C)C(=O)Cc2ccc(Cl)c(Cl)c2)C1N1CCCC1. The number of carbonyl (C=O) groups is 1. The monoisotopic (exact) mass is 428 g/mol. The molecule has 1 amide bonds. The number of amides is 1. The highest BCUT2D eigenvalue weighted by Crippen LogP contribution is 2.39. The van der Waals surface area contributed by atoms with Gasteiger partial charge in [0, 0.05) is 27.7 Å². The third kappa shape index (κ3) is 4.34. The van der Waals surface area contributed by atoms with Gasteiger partial charge in [-0.2, -0.15) is 0 Å². The van der Waals surface area contributed by atoms with Gasteiger partial charge in [0.2, 0.25) is 5.91 Å². The number of nitrogens with zero attached hydrogens (tertiary/aromatic N) is 2. The lowest BCUT2D eigenvalue weighted by molar-refractivity contribution is -0.266. The molecule has 28 heavy (non-hydrogen) atoms. The van der Waals surface area contributed by atoms with Gasteiger partial charge in [-0.1, -0.05) is 29.3 Å². The molecule has 1 aromatic rings. The largest absolute Gasteiger partial charge is 0.352 e. The van der Waals surface area contributed by atoms with E-state index in [1.54, 1.807) is 26.4 Å². The first-order valence-electron chi connectivity index (χ1n) is 9.96. The van der Waals surface area contributed by atoms with Crippen LogP contribution in [-0.2, 0) is 20.7 Å². The van der Waals surface area contributed by atoms with Crippen molar-refractivity contribution in [3.8, 4) is 0 Å². The Kier molecular flexibility index (Phi) is 7.26. The number of likely N-dealkylation sites (N-methyl/N-ethyl adjacent to an activating group) is 1. The van der Waals surface area contributed by atoms with E-state index in [-0.39, 0.29) is 18.0 Å². The van der Waals surface area contributed by atoms with E-state index in [1.807, 2.05) is 18.0 Å². The quantitative estimate of drug-likeness (QED) is 0.642. The van der Waals surface area contributed by atoms with E-state index < -0.39 is 5.79 Å². The third-order valence-electron chi connectivity index (χ3n) is 6.30. The van der Waals surface area contributed by atoms with E-state index in [0.717, 1.165) is 37.9 Å². The van der Waals surface area contributed by atoms with Crippen LogP contribution in [-0.4, -0.2) is 67.9 Å². The van der Waals surface area contributed by atoms with Gasteiger partial charge in [-0.3, -0.25) is 9.69 Å². The van der Waals surface area contributed by atoms with Gasteiger partial charge >= 0.3 is 0 Å². The summed E-state index contributed by atoms with van der Waals surface area (Å²) in [5.41, 5.74) is 0.865. The van der Waals surface area contributed by atoms with Crippen molar-refractivity contribution in [2.45, 2.75) is 56.4 Å². The lowest BCUT2D eigenvalue weighted by atomic mass is 9.82. The van der Waals surface area contributed by atoms with Gasteiger partial charge in [0.25, 0.3) is 0 Å². The van der Waals surface area contributed by atoms with Crippen molar-refractivity contribution in [1.29, 1.82) is 0 Å². The molecular formula is C21H30Cl2N2O3. The fourth-order valence-corrected chi connectivity index (χ4v) is 5.09. The molecular weight excluding hydrogens is 399 g/mol. The number of carbonyl (C=O) groups excluding carboxylic acids is 1. The van der Waals surface area contributed by atoms with E-state index in [2.05, 4.69) is 4.90 Å². The molecule has 1 heterocycles. The molecule has 0 radical (unpaired) electrons. The summed E-state index contributed by atoms with van der Waals surface area (Å²) in [4.78, 5) is 17.4. The van der Waals surface area contributed by atoms with Gasteiger partial charge in [-0.25, -0.2) is 0 Å². The highest BCUT2D eigenvalue weighted by Gasteiger charge is 2.51. The Hall–Kier alpha value is -0.850. The van der Waals surface area contributed by atoms with Gasteiger partial charge in [-0.05, 0) is 56.5 Å². The van der Waals surface area contributed by atoms with Gasteiger partial charge in [0.1, 0.15) is 0 Å². The first-order valence-corrected chi connectivity index (χ1v) is 10.7. The first kappa shape index (κ1) is 21.8. The summed E-state index contributed by atoms with van der Waals surface area (Å²) in [6.45, 7) is 2.04. The molecule has 0 N–H and O–H groups in total. The van der Waals surface area contributed by atoms with E-state index in [9.17, 15) is 4.79 Å². The van der Waals surface area contributed by atoms with Gasteiger partial charge < -0.3 is 14.4 Å². The summed E-state index contributed by atoms with van der Waals surface area (Å²) in [5.74, 6) is -0.610. The molecule has 7 heteroatoms. The van der Waals surface area contributed by atoms with Crippen LogP contribution in [0.15, 0.2) is 18.2 Å². The summed E-state index contributed by atoms with van der Waals surface area (Å²) < 4.78 is 11.9. The Morgan fingerprint density at radius 1 is 1.18 bits per heavy atom. The highest BCUT2D eigenvalue weighted by atomic mass is 35.5. The Balaban J connectivity index is 1.81. The van der Waals surface area contributed by atoms with Crippen LogP contribution in [0.25, 0.3) is 0 Å². The third-order valence-corrected chi connectivity index (χ3v) is 7.03. The maximum Gasteiger partial charge on any atom is 0.227 e. The lowest BCUT2D eigenvalue weighted by Gasteiger charge is -2.51. The molecule has 2 aliphatic rings. The first-order chi connectivity index (χ1) is 13.4. The Labute approximate surface area is 177 Å². The molecule has 156 valence electrons. The molecule has 1 aliphatic carbocycles. The zero-order chi connectivity index (χ0) is 20.3. The summed E-state index contributed by atoms with van der Waals surface area (Å²) in [6.07, 6.45) is 5.39. The number of halogens is 2. The van der Waals surface area contributed by atoms with E-state index in [4.69, 9.17) is 32.7 Å². The Morgan fingerprint density at radius 2 is 1.86 bits per heavy atom. The van der Waals surface area contributed by atoms with Crippen LogP contribution >= 0.6 is 23.2 Å². The molecule has 1 saturated heterocycles. The summed E-state index contributed by atoms with van der Waals surface area (Å²) in [5, 5.41) is 0.970. The van der Waals surface area contributed by atoms with E-state index in [0.29, 0.717) is 16.5 Å². The molecule has 1 aliphatic heterocycles. The molecule has 2 atom stereocenters. The second kappa shape index (κ2) is 9.31. The minimum atomic E-state index is -0.675. The molecule has 0 aromatic heterocycles. The van der Waals surface area contributed by atoms with Crippen molar-refractivity contribution in [3.63, 3.8) is 0 Å². The van der Waals surface area contributed by atoms with Crippen LogP contribution in [0.5, 0.6) is 0 Å². The predicted octanol–water partition coefficient (Wildman–Crippen LogP) is 4.00. The number of benzene rings is 1. The van der Waals surface area contributed by atoms with Crippen molar-refractivity contribution in [2.24, 2.45) is 0 Å². The predicted molar refractivity (Wildman–Crippen MR) is 112 cm³/mol. The standard InChI is InChI=1S/C21H30Cl2N2O3/c1-24(19(26)14-15-8-9-16(22)17(23)13-15)18-7-6-10-21(27-2,28-3)20(18)25-11-4-5-12-25/h8-9,13,18,20H,4-7,10-12,14H2,1-3H3. The Morgan fingerprint density at radius 3 is 2.46 bits per heavy atom. The van der Waals surface area contributed by atoms with Gasteiger partial charge in [0.15, 0.2) is 5.79 Å². The molecule has 0 bridgehead atoms. The molecule has 0 spiro atoms. The second-order valence-electron chi connectivity index (χ2n) is 7.80. The number of hydrogen-bond acceptors (Lipinski definition) is 4. The fourth-order valence-electron chi connectivity index (χ4n) is 4.77. The van der Waals surface area contributed by atoms with Crippen LogP contribution in [0.1, 0.15) is 37.7 Å². The van der Waals surface area contributed by atoms with Crippen molar-refractivity contribution in [2.75, 3.05) is 34.4 Å². The van der Waals surface area contributed by atoms with Crippen molar-refractivity contribution in [1.82, 2.24) is 9.80 Å². The van der Waals surface area contributed by atoms with E-state index in [1.165, 1.54) is 12.8 Å². The average molecular weight is 429 g/mol. The smallest absolute Gasteiger partial charge is 0.227 e. The van der Waals surface area contributed by atoms with Crippen LogP contribution in [0.4, 0.5) is 0 Å². The minimum Gasteiger partial charge on any atom is -0.352 e. The molecule has 2 unspecified atom stereocenters. The zero-order valence-corrected chi connectivity index (χ0v) is 18.4. The van der Waals surface area contributed by atoms with Gasteiger partial charge in [0.05, 0.1) is 28.5 Å². The number of likely N-dealkylation sites (tertiary alicyclic amines) is 1. The number of rotatable bonds is 6. The van der Waals surface area contributed by atoms with E-state index >= 15 is 0 Å². The van der Waals surface area contributed by atoms with Crippen molar-refractivity contribution in [3.05, 3.63) is 33.8 Å². The summed E-state index contributed by atoms with van der Waals surface area (Å²) in [6, 6.07) is 5.43. The normalized spacial score (nSPS) is 25.0. The van der Waals surface area contributed by atoms with Gasteiger partial charge in [-0.15, -0.1) is 0 Å². The molecule has 5 nitrogen and oxygen atoms in total. The minimum absolute atomic E-state index is 0.0292. The Bertz CT molecular complexity index is 690. The van der Waals surface area contributed by atoms with Crippen molar-refractivity contribution < 1.29 is 14.3 Å². The highest BCUT2D eigenvalue weighted by molar-refractivity contribution is 6.42. The van der Waals surface area contributed by atoms with Crippen LogP contribution in [0.2, 0.25) is 10.0 Å². The summed E-state index contributed by atoms with van der Waals surface area (Å²) in [7, 11) is 5.33. The molecule has 1 saturated carbocycles. The number of hydrogen-bond donors (Lipinski definition) is 0. The fraction of sp³-hybridized carbons (Fsp3) is 0.667. The van der Waals surface area contributed by atoms with Crippen molar-refractivity contribution >= 4 is 29.1 Å². The zero-order valence-electron chi connectivity index (χ0n) is 16.9. The van der Waals surface area contributed by atoms with Crippen LogP contribution < -0.4 is 0 Å². The maximum absolute atomic E-state index is 13.1. The second-order valence-corrected chi connectivity index (χ2v) is 8.61. The molecule has 3 rings (SSSR count). The summed E-state index contributed by atoms with van der Waals surface area (Å²) >= 11 is 12.1. The maximum atomic E-state index is 13.1. The molecule has 2 fully saturated rings. The number of ether oxygens (including phenoxy) is 2. The van der Waals surface area contributed by atoms with Crippen LogP contribution in [0, 0.1) is 0 Å². The topological polar surface area (TPSA) is 42.0 Å². The number of methoxy groups -OCH3 is 2. The lowest BCUT2D eigenvalue weighted by Crippen LogP contribution is -2.66.